The van der Waals surface area contributed by atoms with Crippen molar-refractivity contribution in [1.29, 1.82) is 0 Å². The summed E-state index contributed by atoms with van der Waals surface area (Å²) < 4.78 is 11.5. The van der Waals surface area contributed by atoms with E-state index in [4.69, 9.17) is 9.47 Å². The lowest BCUT2D eigenvalue weighted by molar-refractivity contribution is -0.120. The molecule has 1 saturated heterocycles. The highest BCUT2D eigenvalue weighted by Crippen LogP contribution is 2.45. The number of fused-ring (bicyclic) bond motifs is 2. The number of likely N-dealkylation sites (tertiary alicyclic amines) is 1. The average molecular weight is 370 g/mol. The first-order valence-electron chi connectivity index (χ1n) is 10.0. The maximum atomic E-state index is 13.4. The highest BCUT2D eigenvalue weighted by atomic mass is 16.6. The fourth-order valence-corrected chi connectivity index (χ4v) is 4.50. The number of carbonyl (C=O) groups is 1. The van der Waals surface area contributed by atoms with Crippen LogP contribution in [0.15, 0.2) is 18.2 Å². The fraction of sp³-hybridized carbons (Fsp3) is 0.591. The first-order chi connectivity index (χ1) is 12.8. The van der Waals surface area contributed by atoms with Crippen LogP contribution < -0.4 is 14.4 Å². The lowest BCUT2D eigenvalue weighted by atomic mass is 9.88. The van der Waals surface area contributed by atoms with E-state index in [1.54, 1.807) is 0 Å². The van der Waals surface area contributed by atoms with Crippen LogP contribution in [0.4, 0.5) is 5.69 Å². The standard InChI is InChI=1S/C22H30N2O3/c1-15-5-7-23(8-6-15)14-21(25)24-18-12-20-19(26-9-10-27-20)11-17(18)16(2)13-22(24,3)4/h11-13,15H,5-10,14H2,1-4H3. The normalized spacial score (nSPS) is 22.2. The van der Waals surface area contributed by atoms with Gasteiger partial charge in [0.25, 0.3) is 0 Å². The molecule has 0 saturated carbocycles. The summed E-state index contributed by atoms with van der Waals surface area (Å²) in [7, 11) is 0. The predicted octanol–water partition coefficient (Wildman–Crippen LogP) is 3.72. The highest BCUT2D eigenvalue weighted by molar-refractivity contribution is 6.02. The van der Waals surface area contributed by atoms with Gasteiger partial charge in [0.15, 0.2) is 11.5 Å². The Hall–Kier alpha value is -2.01. The summed E-state index contributed by atoms with van der Waals surface area (Å²) in [5.74, 6) is 2.41. The lowest BCUT2D eigenvalue weighted by Gasteiger charge is -2.43. The summed E-state index contributed by atoms with van der Waals surface area (Å²) in [6, 6.07) is 4.01. The third-order valence-electron chi connectivity index (χ3n) is 5.96. The van der Waals surface area contributed by atoms with Gasteiger partial charge in [0.2, 0.25) is 5.91 Å². The monoisotopic (exact) mass is 370 g/mol. The zero-order valence-electron chi connectivity index (χ0n) is 16.9. The van der Waals surface area contributed by atoms with Crippen LogP contribution in [0.1, 0.15) is 46.1 Å². The molecule has 1 aromatic rings. The first-order valence-corrected chi connectivity index (χ1v) is 10.0. The molecule has 0 N–H and O–H groups in total. The molecule has 0 bridgehead atoms. The Balaban J connectivity index is 1.66. The quantitative estimate of drug-likeness (QED) is 0.796. The van der Waals surface area contributed by atoms with Crippen LogP contribution in [-0.4, -0.2) is 49.2 Å². The number of hydrogen-bond acceptors (Lipinski definition) is 4. The molecular formula is C22H30N2O3. The van der Waals surface area contributed by atoms with Gasteiger partial charge in [0.1, 0.15) is 13.2 Å². The van der Waals surface area contributed by atoms with Crippen LogP contribution >= 0.6 is 0 Å². The molecule has 0 unspecified atom stereocenters. The van der Waals surface area contributed by atoms with Gasteiger partial charge in [-0.05, 0) is 64.3 Å². The van der Waals surface area contributed by atoms with Crippen LogP contribution in [0.2, 0.25) is 0 Å². The fourth-order valence-electron chi connectivity index (χ4n) is 4.50. The molecule has 3 heterocycles. The molecule has 5 heteroatoms. The van der Waals surface area contributed by atoms with E-state index in [1.807, 2.05) is 17.0 Å². The van der Waals surface area contributed by atoms with Gasteiger partial charge < -0.3 is 14.4 Å². The van der Waals surface area contributed by atoms with E-state index < -0.39 is 0 Å². The van der Waals surface area contributed by atoms with E-state index in [1.165, 1.54) is 18.4 Å². The second-order valence-electron chi connectivity index (χ2n) is 8.68. The van der Waals surface area contributed by atoms with E-state index in [0.29, 0.717) is 19.8 Å². The van der Waals surface area contributed by atoms with Crippen molar-refractivity contribution in [3.05, 3.63) is 23.8 Å². The van der Waals surface area contributed by atoms with E-state index >= 15 is 0 Å². The molecule has 3 aliphatic rings. The van der Waals surface area contributed by atoms with Crippen LogP contribution in [0.5, 0.6) is 11.5 Å². The van der Waals surface area contributed by atoms with Gasteiger partial charge in [-0.3, -0.25) is 9.69 Å². The van der Waals surface area contributed by atoms with Crippen molar-refractivity contribution in [3.8, 4) is 11.5 Å². The van der Waals surface area contributed by atoms with Gasteiger partial charge in [0, 0.05) is 11.6 Å². The minimum atomic E-state index is -0.374. The van der Waals surface area contributed by atoms with E-state index in [0.717, 1.165) is 41.8 Å². The number of nitrogens with zero attached hydrogens (tertiary/aromatic N) is 2. The summed E-state index contributed by atoms with van der Waals surface area (Å²) in [5, 5.41) is 0. The summed E-state index contributed by atoms with van der Waals surface area (Å²) in [6.45, 7) is 12.2. The van der Waals surface area contributed by atoms with Crippen LogP contribution in [0.3, 0.4) is 0 Å². The molecule has 1 aromatic carbocycles. The summed E-state index contributed by atoms with van der Waals surface area (Å²) in [4.78, 5) is 17.6. The van der Waals surface area contributed by atoms with Crippen molar-refractivity contribution in [2.45, 2.75) is 46.1 Å². The second kappa shape index (κ2) is 6.86. The van der Waals surface area contributed by atoms with Gasteiger partial charge in [-0.25, -0.2) is 0 Å². The Morgan fingerprint density at radius 1 is 1.15 bits per heavy atom. The van der Waals surface area contributed by atoms with E-state index in [2.05, 4.69) is 38.7 Å². The Morgan fingerprint density at radius 3 is 2.44 bits per heavy atom. The van der Waals surface area contributed by atoms with Crippen molar-refractivity contribution >= 4 is 17.2 Å². The van der Waals surface area contributed by atoms with Gasteiger partial charge in [-0.1, -0.05) is 13.0 Å². The molecule has 4 rings (SSSR count). The number of allylic oxidation sites excluding steroid dienone is 1. The molecule has 27 heavy (non-hydrogen) atoms. The largest absolute Gasteiger partial charge is 0.486 e. The summed E-state index contributed by atoms with van der Waals surface area (Å²) in [6.07, 6.45) is 4.53. The minimum Gasteiger partial charge on any atom is -0.486 e. The van der Waals surface area contributed by atoms with Gasteiger partial charge >= 0.3 is 0 Å². The summed E-state index contributed by atoms with van der Waals surface area (Å²) in [5.41, 5.74) is 2.78. The predicted molar refractivity (Wildman–Crippen MR) is 107 cm³/mol. The third-order valence-corrected chi connectivity index (χ3v) is 5.96. The summed E-state index contributed by atoms with van der Waals surface area (Å²) >= 11 is 0. The Morgan fingerprint density at radius 2 is 1.78 bits per heavy atom. The maximum Gasteiger partial charge on any atom is 0.241 e. The molecule has 0 atom stereocenters. The number of benzene rings is 1. The molecule has 0 spiro atoms. The number of anilines is 1. The zero-order valence-corrected chi connectivity index (χ0v) is 16.9. The molecule has 0 radical (unpaired) electrons. The van der Waals surface area contributed by atoms with Gasteiger partial charge in [-0.2, -0.15) is 0 Å². The molecule has 1 amide bonds. The Bertz CT molecular complexity index is 776. The Labute approximate surface area is 161 Å². The molecule has 5 nitrogen and oxygen atoms in total. The molecule has 1 fully saturated rings. The first kappa shape index (κ1) is 18.4. The minimum absolute atomic E-state index is 0.149. The van der Waals surface area contributed by atoms with Crippen LogP contribution in [0, 0.1) is 5.92 Å². The average Bonchev–Trinajstić information content (AvgIpc) is 2.61. The topological polar surface area (TPSA) is 42.0 Å². The number of rotatable bonds is 2. The smallest absolute Gasteiger partial charge is 0.241 e. The molecule has 3 aliphatic heterocycles. The van der Waals surface area contributed by atoms with E-state index in [-0.39, 0.29) is 11.4 Å². The number of carbonyl (C=O) groups excluding carboxylic acids is 1. The van der Waals surface area contributed by atoms with Crippen LogP contribution in [-0.2, 0) is 4.79 Å². The highest BCUT2D eigenvalue weighted by Gasteiger charge is 2.37. The molecule has 146 valence electrons. The molecule has 0 aromatic heterocycles. The van der Waals surface area contributed by atoms with Gasteiger partial charge in [0.05, 0.1) is 17.8 Å². The zero-order chi connectivity index (χ0) is 19.2. The maximum absolute atomic E-state index is 13.4. The van der Waals surface area contributed by atoms with Crippen LogP contribution in [0.25, 0.3) is 5.57 Å². The van der Waals surface area contributed by atoms with Crippen molar-refractivity contribution < 1.29 is 14.3 Å². The Kier molecular flexibility index (Phi) is 4.66. The third kappa shape index (κ3) is 3.45. The van der Waals surface area contributed by atoms with Crippen molar-refractivity contribution in [3.63, 3.8) is 0 Å². The van der Waals surface area contributed by atoms with Crippen molar-refractivity contribution in [1.82, 2.24) is 4.90 Å². The number of hydrogen-bond donors (Lipinski definition) is 0. The second-order valence-corrected chi connectivity index (χ2v) is 8.68. The van der Waals surface area contributed by atoms with Crippen molar-refractivity contribution in [2.75, 3.05) is 37.7 Å². The van der Waals surface area contributed by atoms with Crippen molar-refractivity contribution in [2.24, 2.45) is 5.92 Å². The molecule has 0 aliphatic carbocycles. The SMILES string of the molecule is CC1=CC(C)(C)N(C(=O)CN2CCC(C)CC2)c2cc3c(cc21)OCCO3. The molecular weight excluding hydrogens is 340 g/mol. The number of piperidine rings is 1. The van der Waals surface area contributed by atoms with Gasteiger partial charge in [-0.15, -0.1) is 0 Å². The number of ether oxygens (including phenoxy) is 2. The van der Waals surface area contributed by atoms with E-state index in [9.17, 15) is 4.79 Å². The lowest BCUT2D eigenvalue weighted by Crippen LogP contribution is -2.53. The number of amides is 1.